The van der Waals surface area contributed by atoms with E-state index in [1.165, 1.54) is 9.21 Å². The molecule has 0 fully saturated rings. The second-order valence-electron chi connectivity index (χ2n) is 4.19. The van der Waals surface area contributed by atoms with Crippen molar-refractivity contribution in [1.29, 1.82) is 0 Å². The van der Waals surface area contributed by atoms with E-state index >= 15 is 0 Å². The van der Waals surface area contributed by atoms with Crippen molar-refractivity contribution in [1.82, 2.24) is 0 Å². The summed E-state index contributed by atoms with van der Waals surface area (Å²) in [5.74, 6) is 0. The van der Waals surface area contributed by atoms with Gasteiger partial charge < -0.3 is 14.0 Å². The summed E-state index contributed by atoms with van der Waals surface area (Å²) >= 11 is 2.06. The van der Waals surface area contributed by atoms with E-state index in [-0.39, 0.29) is 5.60 Å². The number of ether oxygens (including phenoxy) is 1. The molecule has 0 aromatic heterocycles. The van der Waals surface area contributed by atoms with Gasteiger partial charge in [-0.3, -0.25) is 0 Å². The molecule has 80 valence electrons. The van der Waals surface area contributed by atoms with Crippen molar-refractivity contribution < 1.29 is 14.0 Å². The summed E-state index contributed by atoms with van der Waals surface area (Å²) in [6.07, 6.45) is 0. The highest BCUT2D eigenvalue weighted by Gasteiger charge is 2.23. The van der Waals surface area contributed by atoms with Crippen molar-refractivity contribution in [2.24, 2.45) is 0 Å². The third-order valence-electron chi connectivity index (χ3n) is 1.27. The van der Waals surface area contributed by atoms with Gasteiger partial charge >= 0.3 is 0 Å². The summed E-state index contributed by atoms with van der Waals surface area (Å²) in [4.78, 5) is 0. The molecular weight excluding hydrogens is 303 g/mol. The molecule has 0 unspecified atom stereocenters. The third kappa shape index (κ3) is 9.27. The summed E-state index contributed by atoms with van der Waals surface area (Å²) < 4.78 is 10.7. The molecule has 0 aliphatic carbocycles. The Bertz CT molecular complexity index is 145. The zero-order chi connectivity index (χ0) is 10.5. The highest BCUT2D eigenvalue weighted by atomic mass is 127. The van der Waals surface area contributed by atoms with Crippen LogP contribution in [-0.4, -0.2) is 29.5 Å². The van der Waals surface area contributed by atoms with Crippen LogP contribution >= 0.6 is 30.4 Å². The van der Waals surface area contributed by atoms with Crippen molar-refractivity contribution >= 4 is 30.4 Å². The van der Waals surface area contributed by atoms with Gasteiger partial charge in [-0.05, 0) is 27.7 Å². The molecular formula is C8H17IO3S. The average Bonchev–Trinajstić information content (AvgIpc) is 1.97. The molecule has 0 bridgehead atoms. The lowest BCUT2D eigenvalue weighted by atomic mass is 10.1. The fourth-order valence-electron chi connectivity index (χ4n) is 0.578. The summed E-state index contributed by atoms with van der Waals surface area (Å²) in [6.45, 7) is 8.14. The normalized spacial score (nSPS) is 13.4. The fraction of sp³-hybridized carbons (Fsp3) is 1.00. The van der Waals surface area contributed by atoms with Crippen LogP contribution in [0.15, 0.2) is 0 Å². The Morgan fingerprint density at radius 1 is 1.23 bits per heavy atom. The summed E-state index contributed by atoms with van der Waals surface area (Å²) in [5, 5.41) is 9.43. The van der Waals surface area contributed by atoms with Gasteiger partial charge in [0.25, 0.3) is 0 Å². The maximum atomic E-state index is 9.43. The Hall–Kier alpha value is 0.960. The van der Waals surface area contributed by atoms with Crippen LogP contribution in [0.1, 0.15) is 27.7 Å². The van der Waals surface area contributed by atoms with Gasteiger partial charge in [-0.15, -0.1) is 0 Å². The summed E-state index contributed by atoms with van der Waals surface area (Å²) in [6, 6.07) is 0. The van der Waals surface area contributed by atoms with Gasteiger partial charge in [-0.25, -0.2) is 0 Å². The van der Waals surface area contributed by atoms with Gasteiger partial charge in [0, 0.05) is 21.2 Å². The van der Waals surface area contributed by atoms with E-state index in [0.29, 0.717) is 13.2 Å². The first kappa shape index (κ1) is 14.0. The monoisotopic (exact) mass is 320 g/mol. The number of hydrogen-bond donors (Lipinski definition) is 1. The van der Waals surface area contributed by atoms with Crippen LogP contribution in [-0.2, 0) is 8.92 Å². The minimum atomic E-state index is -0.783. The first-order chi connectivity index (χ1) is 5.77. The van der Waals surface area contributed by atoms with E-state index in [1.807, 2.05) is 13.8 Å². The predicted molar refractivity (Wildman–Crippen MR) is 63.9 cm³/mol. The van der Waals surface area contributed by atoms with E-state index in [0.717, 1.165) is 0 Å². The van der Waals surface area contributed by atoms with Crippen molar-refractivity contribution in [3.05, 3.63) is 0 Å². The number of aliphatic hydroxyl groups is 1. The molecule has 0 atom stereocenters. The molecule has 0 saturated carbocycles. The van der Waals surface area contributed by atoms with Gasteiger partial charge in [0.2, 0.25) is 0 Å². The first-order valence-corrected chi connectivity index (χ1v) is 7.32. The Labute approximate surface area is 96.4 Å². The number of halogens is 1. The molecule has 0 aliphatic rings. The molecule has 0 radical (unpaired) electrons. The lowest BCUT2D eigenvalue weighted by Crippen LogP contribution is -2.36. The van der Waals surface area contributed by atoms with Gasteiger partial charge in [0.1, 0.15) is 0 Å². The van der Waals surface area contributed by atoms with E-state index in [1.54, 1.807) is 13.8 Å². The zero-order valence-corrected chi connectivity index (χ0v) is 11.4. The lowest BCUT2D eigenvalue weighted by molar-refractivity contribution is -0.103. The van der Waals surface area contributed by atoms with Crippen LogP contribution in [0.4, 0.5) is 0 Å². The molecule has 0 aliphatic heterocycles. The number of rotatable bonds is 6. The topological polar surface area (TPSA) is 38.7 Å². The van der Waals surface area contributed by atoms with Gasteiger partial charge in [0.05, 0.1) is 33.6 Å². The quantitative estimate of drug-likeness (QED) is 0.603. The second kappa shape index (κ2) is 5.75. The Morgan fingerprint density at radius 3 is 2.15 bits per heavy atom. The largest absolute Gasteiger partial charge is 0.388 e. The molecule has 13 heavy (non-hydrogen) atoms. The molecule has 0 spiro atoms. The zero-order valence-electron chi connectivity index (χ0n) is 8.46. The van der Waals surface area contributed by atoms with Crippen LogP contribution < -0.4 is 0 Å². The molecule has 0 aromatic carbocycles. The molecule has 0 aromatic rings. The van der Waals surface area contributed by atoms with E-state index in [4.69, 9.17) is 8.92 Å². The maximum Gasteiger partial charge on any atom is 0.0908 e. The lowest BCUT2D eigenvalue weighted by Gasteiger charge is -2.28. The van der Waals surface area contributed by atoms with Gasteiger partial charge in [0.15, 0.2) is 0 Å². The standard InChI is InChI=1S/C8H17IO3S/c1-7(2,10)5-11-8(3,4)6-12-13-9/h10H,5-6H2,1-4H3. The van der Waals surface area contributed by atoms with Crippen LogP contribution in [0.25, 0.3) is 0 Å². The molecule has 1 N–H and O–H groups in total. The predicted octanol–water partition coefficient (Wildman–Crippen LogP) is 2.57. The minimum absolute atomic E-state index is 0.315. The van der Waals surface area contributed by atoms with Crippen molar-refractivity contribution in [3.8, 4) is 0 Å². The van der Waals surface area contributed by atoms with Crippen LogP contribution in [0, 0.1) is 0 Å². The smallest absolute Gasteiger partial charge is 0.0908 e. The highest BCUT2D eigenvalue weighted by Crippen LogP contribution is 2.19. The first-order valence-electron chi connectivity index (χ1n) is 4.03. The Morgan fingerprint density at radius 2 is 1.77 bits per heavy atom. The molecule has 3 nitrogen and oxygen atoms in total. The van der Waals surface area contributed by atoms with Crippen LogP contribution in [0.5, 0.6) is 0 Å². The maximum absolute atomic E-state index is 9.43. The molecule has 5 heteroatoms. The van der Waals surface area contributed by atoms with Crippen molar-refractivity contribution in [2.75, 3.05) is 13.2 Å². The van der Waals surface area contributed by atoms with E-state index in [2.05, 4.69) is 21.2 Å². The summed E-state index contributed by atoms with van der Waals surface area (Å²) in [5.41, 5.74) is -1.13. The molecule has 0 amide bonds. The average molecular weight is 320 g/mol. The van der Waals surface area contributed by atoms with Crippen LogP contribution in [0.3, 0.4) is 0 Å². The Balaban J connectivity index is 3.75. The van der Waals surface area contributed by atoms with Gasteiger partial charge in [-0.2, -0.15) is 0 Å². The Kier molecular flexibility index (Phi) is 6.17. The van der Waals surface area contributed by atoms with Gasteiger partial charge in [-0.1, -0.05) is 0 Å². The second-order valence-corrected chi connectivity index (χ2v) is 5.63. The molecule has 0 heterocycles. The van der Waals surface area contributed by atoms with Crippen LogP contribution in [0.2, 0.25) is 0 Å². The molecule has 0 saturated heterocycles. The molecule has 0 rings (SSSR count). The third-order valence-corrected chi connectivity index (χ3v) is 2.24. The van der Waals surface area contributed by atoms with E-state index in [9.17, 15) is 5.11 Å². The fourth-order valence-corrected chi connectivity index (χ4v) is 1.29. The van der Waals surface area contributed by atoms with Crippen molar-refractivity contribution in [3.63, 3.8) is 0 Å². The summed E-state index contributed by atoms with van der Waals surface area (Å²) in [7, 11) is 1.29. The number of hydrogen-bond acceptors (Lipinski definition) is 4. The van der Waals surface area contributed by atoms with Crippen molar-refractivity contribution in [2.45, 2.75) is 38.9 Å². The minimum Gasteiger partial charge on any atom is -0.388 e. The highest BCUT2D eigenvalue weighted by molar-refractivity contribution is 14.2. The van der Waals surface area contributed by atoms with E-state index < -0.39 is 5.60 Å². The SMILES string of the molecule is CC(C)(O)COC(C)(C)COSI.